The van der Waals surface area contributed by atoms with E-state index >= 15 is 0 Å². The number of rotatable bonds is 6. The average molecular weight is 342 g/mol. The van der Waals surface area contributed by atoms with Gasteiger partial charge in [0.2, 0.25) is 5.91 Å². The first-order chi connectivity index (χ1) is 9.31. The summed E-state index contributed by atoms with van der Waals surface area (Å²) in [7, 11) is 0. The quantitative estimate of drug-likeness (QED) is 0.791. The number of benzene rings is 1. The molecule has 0 bridgehead atoms. The molecule has 0 fully saturated rings. The standard InChI is InChI=1S/C16H24BrNO2/c1-5-12-8-9-14(13(17)11-12)20-10-6-7-15(19)18-16(2,3)4/h8-9,11H,5-7,10H2,1-4H3,(H,18,19). The molecule has 1 aromatic carbocycles. The second-order valence-corrected chi connectivity index (χ2v) is 6.72. The number of aryl methyl sites for hydroxylation is 1. The Morgan fingerprint density at radius 2 is 2.05 bits per heavy atom. The van der Waals surface area contributed by atoms with Crippen LogP contribution in [0, 0.1) is 0 Å². The van der Waals surface area contributed by atoms with Gasteiger partial charge in [-0.15, -0.1) is 0 Å². The Balaban J connectivity index is 2.33. The van der Waals surface area contributed by atoms with Crippen LogP contribution in [0.1, 0.15) is 46.1 Å². The maximum absolute atomic E-state index is 11.6. The summed E-state index contributed by atoms with van der Waals surface area (Å²) in [5.41, 5.74) is 1.10. The molecule has 0 radical (unpaired) electrons. The van der Waals surface area contributed by atoms with E-state index in [4.69, 9.17) is 4.74 Å². The average Bonchev–Trinajstić information content (AvgIpc) is 2.33. The van der Waals surface area contributed by atoms with E-state index in [0.717, 1.165) is 16.6 Å². The van der Waals surface area contributed by atoms with Crippen molar-refractivity contribution >= 4 is 21.8 Å². The molecule has 0 aromatic heterocycles. The zero-order valence-corrected chi connectivity index (χ0v) is 14.3. The Hall–Kier alpha value is -1.03. The Morgan fingerprint density at radius 1 is 1.35 bits per heavy atom. The lowest BCUT2D eigenvalue weighted by molar-refractivity contribution is -0.122. The lowest BCUT2D eigenvalue weighted by Gasteiger charge is -2.20. The first kappa shape index (κ1) is 17.0. The van der Waals surface area contributed by atoms with Crippen molar-refractivity contribution in [1.29, 1.82) is 0 Å². The summed E-state index contributed by atoms with van der Waals surface area (Å²) >= 11 is 3.50. The molecular weight excluding hydrogens is 318 g/mol. The molecule has 0 saturated carbocycles. The molecule has 3 nitrogen and oxygen atoms in total. The van der Waals surface area contributed by atoms with E-state index in [1.807, 2.05) is 26.8 Å². The normalized spacial score (nSPS) is 11.2. The summed E-state index contributed by atoms with van der Waals surface area (Å²) in [5, 5.41) is 2.94. The second kappa shape index (κ2) is 7.67. The summed E-state index contributed by atoms with van der Waals surface area (Å²) in [6.07, 6.45) is 2.21. The molecule has 0 unspecified atom stereocenters. The molecule has 0 aliphatic heterocycles. The van der Waals surface area contributed by atoms with Gasteiger partial charge in [-0.2, -0.15) is 0 Å². The first-order valence-electron chi connectivity index (χ1n) is 7.04. The molecule has 0 spiro atoms. The van der Waals surface area contributed by atoms with Gasteiger partial charge in [0, 0.05) is 12.0 Å². The summed E-state index contributed by atoms with van der Waals surface area (Å²) in [4.78, 5) is 11.6. The SMILES string of the molecule is CCc1ccc(OCCCC(=O)NC(C)(C)C)c(Br)c1. The van der Waals surface area contributed by atoms with E-state index in [1.165, 1.54) is 5.56 Å². The minimum absolute atomic E-state index is 0.0708. The molecule has 0 atom stereocenters. The van der Waals surface area contributed by atoms with E-state index in [-0.39, 0.29) is 11.4 Å². The van der Waals surface area contributed by atoms with Crippen molar-refractivity contribution in [2.24, 2.45) is 0 Å². The number of hydrogen-bond donors (Lipinski definition) is 1. The maximum Gasteiger partial charge on any atom is 0.220 e. The number of ether oxygens (including phenoxy) is 1. The van der Waals surface area contributed by atoms with Gasteiger partial charge in [0.1, 0.15) is 5.75 Å². The molecule has 1 aromatic rings. The van der Waals surface area contributed by atoms with Crippen molar-refractivity contribution in [3.63, 3.8) is 0 Å². The minimum Gasteiger partial charge on any atom is -0.492 e. The van der Waals surface area contributed by atoms with Crippen molar-refractivity contribution in [3.05, 3.63) is 28.2 Å². The molecule has 20 heavy (non-hydrogen) atoms. The van der Waals surface area contributed by atoms with Crippen LogP contribution in [-0.4, -0.2) is 18.1 Å². The van der Waals surface area contributed by atoms with Gasteiger partial charge in [-0.25, -0.2) is 0 Å². The van der Waals surface area contributed by atoms with Crippen LogP contribution < -0.4 is 10.1 Å². The Kier molecular flexibility index (Phi) is 6.53. The largest absolute Gasteiger partial charge is 0.492 e. The highest BCUT2D eigenvalue weighted by molar-refractivity contribution is 9.10. The zero-order chi connectivity index (χ0) is 15.2. The molecule has 4 heteroatoms. The summed E-state index contributed by atoms with van der Waals surface area (Å²) < 4.78 is 6.66. The van der Waals surface area contributed by atoms with Gasteiger partial charge in [0.15, 0.2) is 0 Å². The van der Waals surface area contributed by atoms with E-state index in [0.29, 0.717) is 19.4 Å². The highest BCUT2D eigenvalue weighted by Gasteiger charge is 2.13. The van der Waals surface area contributed by atoms with E-state index in [1.54, 1.807) is 0 Å². The van der Waals surface area contributed by atoms with Gasteiger partial charge >= 0.3 is 0 Å². The summed E-state index contributed by atoms with van der Waals surface area (Å²) in [6.45, 7) is 8.60. The molecule has 0 saturated heterocycles. The van der Waals surface area contributed by atoms with Crippen LogP contribution in [-0.2, 0) is 11.2 Å². The third-order valence-corrected chi connectivity index (χ3v) is 3.34. The summed E-state index contributed by atoms with van der Waals surface area (Å²) in [5.74, 6) is 0.903. The predicted molar refractivity (Wildman–Crippen MR) is 86.1 cm³/mol. The Morgan fingerprint density at radius 3 is 2.60 bits per heavy atom. The van der Waals surface area contributed by atoms with E-state index < -0.39 is 0 Å². The highest BCUT2D eigenvalue weighted by atomic mass is 79.9. The number of nitrogens with one attached hydrogen (secondary N) is 1. The molecule has 1 rings (SSSR count). The van der Waals surface area contributed by atoms with Crippen LogP contribution in [0.3, 0.4) is 0 Å². The summed E-state index contributed by atoms with van der Waals surface area (Å²) in [6, 6.07) is 6.10. The lowest BCUT2D eigenvalue weighted by Crippen LogP contribution is -2.40. The molecule has 0 aliphatic rings. The topological polar surface area (TPSA) is 38.3 Å². The van der Waals surface area contributed by atoms with Gasteiger partial charge in [-0.1, -0.05) is 13.0 Å². The van der Waals surface area contributed by atoms with Crippen LogP contribution >= 0.6 is 15.9 Å². The van der Waals surface area contributed by atoms with Crippen LogP contribution in [0.4, 0.5) is 0 Å². The van der Waals surface area contributed by atoms with Crippen molar-refractivity contribution in [2.45, 2.75) is 52.5 Å². The van der Waals surface area contributed by atoms with Crippen LogP contribution in [0.25, 0.3) is 0 Å². The van der Waals surface area contributed by atoms with Gasteiger partial charge < -0.3 is 10.1 Å². The van der Waals surface area contributed by atoms with Crippen LogP contribution in [0.15, 0.2) is 22.7 Å². The van der Waals surface area contributed by atoms with Crippen molar-refractivity contribution in [3.8, 4) is 5.75 Å². The molecular formula is C16H24BrNO2. The lowest BCUT2D eigenvalue weighted by atomic mass is 10.1. The molecule has 1 amide bonds. The number of carbonyl (C=O) groups is 1. The van der Waals surface area contributed by atoms with Crippen LogP contribution in [0.2, 0.25) is 0 Å². The predicted octanol–water partition coefficient (Wildman–Crippen LogP) is 4.09. The molecule has 0 aliphatic carbocycles. The monoisotopic (exact) mass is 341 g/mol. The van der Waals surface area contributed by atoms with Crippen molar-refractivity contribution in [2.75, 3.05) is 6.61 Å². The molecule has 0 heterocycles. The van der Waals surface area contributed by atoms with Gasteiger partial charge in [0.25, 0.3) is 0 Å². The third-order valence-electron chi connectivity index (χ3n) is 2.72. The zero-order valence-electron chi connectivity index (χ0n) is 12.8. The number of halogens is 1. The minimum atomic E-state index is -0.170. The Bertz CT molecular complexity index is 452. The third kappa shape index (κ3) is 6.42. The highest BCUT2D eigenvalue weighted by Crippen LogP contribution is 2.26. The molecule has 112 valence electrons. The van der Waals surface area contributed by atoms with Crippen molar-refractivity contribution in [1.82, 2.24) is 5.32 Å². The smallest absolute Gasteiger partial charge is 0.220 e. The van der Waals surface area contributed by atoms with Gasteiger partial charge in [-0.3, -0.25) is 4.79 Å². The fraction of sp³-hybridized carbons (Fsp3) is 0.562. The maximum atomic E-state index is 11.6. The van der Waals surface area contributed by atoms with E-state index in [9.17, 15) is 4.79 Å². The van der Waals surface area contributed by atoms with Crippen LogP contribution in [0.5, 0.6) is 5.75 Å². The number of carbonyl (C=O) groups excluding carboxylic acids is 1. The fourth-order valence-corrected chi connectivity index (χ4v) is 2.32. The number of amides is 1. The Labute approximate surface area is 130 Å². The first-order valence-corrected chi connectivity index (χ1v) is 7.83. The molecule has 1 N–H and O–H groups in total. The fourth-order valence-electron chi connectivity index (χ4n) is 1.78. The van der Waals surface area contributed by atoms with Crippen molar-refractivity contribution < 1.29 is 9.53 Å². The van der Waals surface area contributed by atoms with E-state index in [2.05, 4.69) is 40.3 Å². The van der Waals surface area contributed by atoms with Gasteiger partial charge in [-0.05, 0) is 67.2 Å². The number of hydrogen-bond acceptors (Lipinski definition) is 2. The van der Waals surface area contributed by atoms with Gasteiger partial charge in [0.05, 0.1) is 11.1 Å². The second-order valence-electron chi connectivity index (χ2n) is 5.87.